The zero-order chi connectivity index (χ0) is 15.4. The molecule has 1 N–H and O–H groups in total. The number of rotatable bonds is 3. The third-order valence-electron chi connectivity index (χ3n) is 4.62. The van der Waals surface area contributed by atoms with E-state index in [1.165, 1.54) is 12.8 Å². The first-order chi connectivity index (χ1) is 10.1. The van der Waals surface area contributed by atoms with Gasteiger partial charge in [-0.1, -0.05) is 32.6 Å². The van der Waals surface area contributed by atoms with Crippen molar-refractivity contribution >= 4 is 23.8 Å². The Morgan fingerprint density at radius 1 is 1.24 bits per heavy atom. The van der Waals surface area contributed by atoms with E-state index in [0.29, 0.717) is 5.75 Å². The van der Waals surface area contributed by atoms with Gasteiger partial charge >= 0.3 is 12.0 Å². The smallest absolute Gasteiger partial charge is 0.327 e. The van der Waals surface area contributed by atoms with E-state index < -0.39 is 12.0 Å². The molecule has 2 amide bonds. The number of amides is 2. The van der Waals surface area contributed by atoms with Crippen LogP contribution in [0.4, 0.5) is 4.79 Å². The van der Waals surface area contributed by atoms with Gasteiger partial charge in [-0.2, -0.15) is 0 Å². The Hall–Kier alpha value is -0.910. The van der Waals surface area contributed by atoms with Crippen molar-refractivity contribution in [1.29, 1.82) is 0 Å². The van der Waals surface area contributed by atoms with Gasteiger partial charge in [0.1, 0.15) is 6.04 Å². The number of urea groups is 1. The average Bonchev–Trinajstić information content (AvgIpc) is 2.72. The minimum Gasteiger partial charge on any atom is -0.480 e. The fourth-order valence-corrected chi connectivity index (χ4v) is 4.65. The highest BCUT2D eigenvalue weighted by Crippen LogP contribution is 2.33. The molecule has 1 heterocycles. The summed E-state index contributed by atoms with van der Waals surface area (Å²) in [6.07, 6.45) is 7.68. The van der Waals surface area contributed by atoms with Crippen LogP contribution in [0.25, 0.3) is 0 Å². The van der Waals surface area contributed by atoms with Crippen molar-refractivity contribution in [2.75, 3.05) is 12.8 Å². The first-order valence-electron chi connectivity index (χ1n) is 7.95. The quantitative estimate of drug-likeness (QED) is 0.814. The maximum atomic E-state index is 12.8. The van der Waals surface area contributed by atoms with Crippen molar-refractivity contribution in [2.45, 2.75) is 69.3 Å². The van der Waals surface area contributed by atoms with E-state index in [1.54, 1.807) is 21.6 Å². The minimum atomic E-state index is -0.888. The van der Waals surface area contributed by atoms with Gasteiger partial charge < -0.3 is 10.0 Å². The van der Waals surface area contributed by atoms with Crippen molar-refractivity contribution in [1.82, 2.24) is 9.80 Å². The topological polar surface area (TPSA) is 60.9 Å². The van der Waals surface area contributed by atoms with Gasteiger partial charge in [0.2, 0.25) is 0 Å². The zero-order valence-corrected chi connectivity index (χ0v) is 13.8. The van der Waals surface area contributed by atoms with Crippen LogP contribution in [0.3, 0.4) is 0 Å². The van der Waals surface area contributed by atoms with Crippen LogP contribution in [0, 0.1) is 0 Å². The first kappa shape index (κ1) is 16.5. The number of hydrogen-bond acceptors (Lipinski definition) is 3. The van der Waals surface area contributed by atoms with Gasteiger partial charge in [0.05, 0.1) is 5.37 Å². The molecule has 2 aliphatic rings. The molecule has 0 aromatic heterocycles. The molecule has 1 aliphatic carbocycles. The molecule has 2 fully saturated rings. The predicted octanol–water partition coefficient (Wildman–Crippen LogP) is 3.00. The molecule has 2 unspecified atom stereocenters. The van der Waals surface area contributed by atoms with E-state index in [9.17, 15) is 14.7 Å². The van der Waals surface area contributed by atoms with Gasteiger partial charge in [-0.15, -0.1) is 11.8 Å². The Balaban J connectivity index is 2.09. The van der Waals surface area contributed by atoms with Gasteiger partial charge in [0.25, 0.3) is 0 Å². The van der Waals surface area contributed by atoms with E-state index in [0.717, 1.165) is 32.1 Å². The summed E-state index contributed by atoms with van der Waals surface area (Å²) in [5, 5.41) is 9.35. The molecule has 120 valence electrons. The highest BCUT2D eigenvalue weighted by Gasteiger charge is 2.42. The molecule has 1 saturated carbocycles. The van der Waals surface area contributed by atoms with Crippen LogP contribution in [0.15, 0.2) is 0 Å². The SMILES string of the molecule is CCC1SCC(C(=O)O)N1C(=O)N(C)C1CCCCCC1. The lowest BCUT2D eigenvalue weighted by Gasteiger charge is -2.35. The molecule has 2 atom stereocenters. The van der Waals surface area contributed by atoms with Gasteiger partial charge in [-0.05, 0) is 19.3 Å². The summed E-state index contributed by atoms with van der Waals surface area (Å²) in [7, 11) is 1.84. The molecule has 1 saturated heterocycles. The molecule has 6 heteroatoms. The van der Waals surface area contributed by atoms with Crippen molar-refractivity contribution in [3.05, 3.63) is 0 Å². The zero-order valence-electron chi connectivity index (χ0n) is 13.0. The standard InChI is InChI=1S/C15H26N2O3S/c1-3-13-17(12(10-21-13)14(18)19)15(20)16(2)11-8-6-4-5-7-9-11/h11-13H,3-10H2,1-2H3,(H,18,19). The van der Waals surface area contributed by atoms with Crippen LogP contribution in [0.1, 0.15) is 51.9 Å². The molecule has 0 spiro atoms. The molecule has 0 bridgehead atoms. The van der Waals surface area contributed by atoms with Crippen LogP contribution in [0.5, 0.6) is 0 Å². The number of thioether (sulfide) groups is 1. The summed E-state index contributed by atoms with van der Waals surface area (Å²) in [6, 6.07) is -0.524. The summed E-state index contributed by atoms with van der Waals surface area (Å²) >= 11 is 1.58. The van der Waals surface area contributed by atoms with E-state index in [-0.39, 0.29) is 17.4 Å². The Kier molecular flexibility index (Phi) is 5.79. The maximum absolute atomic E-state index is 12.8. The summed E-state index contributed by atoms with van der Waals surface area (Å²) in [5.74, 6) is -0.390. The van der Waals surface area contributed by atoms with Gasteiger partial charge in [-0.3, -0.25) is 4.90 Å². The second kappa shape index (κ2) is 7.38. The molecular weight excluding hydrogens is 288 g/mol. The van der Waals surface area contributed by atoms with Crippen molar-refractivity contribution < 1.29 is 14.7 Å². The molecule has 21 heavy (non-hydrogen) atoms. The lowest BCUT2D eigenvalue weighted by molar-refractivity contribution is -0.141. The number of carbonyl (C=O) groups excluding carboxylic acids is 1. The van der Waals surface area contributed by atoms with Crippen molar-refractivity contribution in [2.24, 2.45) is 0 Å². The molecule has 0 aromatic carbocycles. The lowest BCUT2D eigenvalue weighted by atomic mass is 10.1. The summed E-state index contributed by atoms with van der Waals surface area (Å²) < 4.78 is 0. The lowest BCUT2D eigenvalue weighted by Crippen LogP contribution is -2.52. The van der Waals surface area contributed by atoms with E-state index in [2.05, 4.69) is 0 Å². The number of hydrogen-bond donors (Lipinski definition) is 1. The molecule has 2 rings (SSSR count). The number of aliphatic carboxylic acids is 1. The van der Waals surface area contributed by atoms with Crippen molar-refractivity contribution in [3.8, 4) is 0 Å². The van der Waals surface area contributed by atoms with Crippen LogP contribution in [-0.2, 0) is 4.79 Å². The van der Waals surface area contributed by atoms with Gasteiger partial charge in [0.15, 0.2) is 0 Å². The maximum Gasteiger partial charge on any atom is 0.327 e. The molecule has 0 aromatic rings. The van der Waals surface area contributed by atoms with Gasteiger partial charge in [-0.25, -0.2) is 9.59 Å². The highest BCUT2D eigenvalue weighted by atomic mass is 32.2. The van der Waals surface area contributed by atoms with E-state index in [1.807, 2.05) is 14.0 Å². The highest BCUT2D eigenvalue weighted by molar-refractivity contribution is 8.00. The molecule has 5 nitrogen and oxygen atoms in total. The van der Waals surface area contributed by atoms with E-state index in [4.69, 9.17) is 0 Å². The van der Waals surface area contributed by atoms with Crippen molar-refractivity contribution in [3.63, 3.8) is 0 Å². The summed E-state index contributed by atoms with van der Waals surface area (Å²) in [4.78, 5) is 27.6. The monoisotopic (exact) mass is 314 g/mol. The predicted molar refractivity (Wildman–Crippen MR) is 84.4 cm³/mol. The Bertz CT molecular complexity index is 383. The first-order valence-corrected chi connectivity index (χ1v) is 9.00. The summed E-state index contributed by atoms with van der Waals surface area (Å²) in [6.45, 7) is 2.01. The van der Waals surface area contributed by atoms with E-state index >= 15 is 0 Å². The fraction of sp³-hybridized carbons (Fsp3) is 0.867. The normalized spacial score (nSPS) is 27.4. The Morgan fingerprint density at radius 3 is 2.38 bits per heavy atom. The third-order valence-corrected chi connectivity index (χ3v) is 6.08. The average molecular weight is 314 g/mol. The fourth-order valence-electron chi connectivity index (χ4n) is 3.31. The molecule has 1 aliphatic heterocycles. The van der Waals surface area contributed by atoms with Gasteiger partial charge in [0, 0.05) is 18.8 Å². The second-order valence-corrected chi connectivity index (χ2v) is 7.21. The van der Waals surface area contributed by atoms with Crippen LogP contribution < -0.4 is 0 Å². The molecular formula is C15H26N2O3S. The minimum absolute atomic E-state index is 0.00757. The molecule has 0 radical (unpaired) electrons. The largest absolute Gasteiger partial charge is 0.480 e. The number of carboxylic acids is 1. The number of nitrogens with zero attached hydrogens (tertiary/aromatic N) is 2. The van der Waals surface area contributed by atoms with Crippen LogP contribution in [-0.4, -0.2) is 57.2 Å². The Labute approximate surface area is 131 Å². The Morgan fingerprint density at radius 2 is 1.86 bits per heavy atom. The van der Waals surface area contributed by atoms with Crippen LogP contribution >= 0.6 is 11.8 Å². The third kappa shape index (κ3) is 3.65. The number of carbonyl (C=O) groups is 2. The second-order valence-electron chi connectivity index (χ2n) is 6.00. The van der Waals surface area contributed by atoms with Crippen LogP contribution in [0.2, 0.25) is 0 Å². The number of carboxylic acid groups (broad SMARTS) is 1. The summed E-state index contributed by atoms with van der Waals surface area (Å²) in [5.41, 5.74) is 0.